The molecule has 1 N–H and O–H groups in total. The molecule has 18 heavy (non-hydrogen) atoms. The monoisotopic (exact) mass is 245 g/mol. The largest absolute Gasteiger partial charge is 0.363 e. The maximum Gasteiger partial charge on any atom is 0.0572 e. The first-order valence-corrected chi connectivity index (χ1v) is 6.39. The van der Waals surface area contributed by atoms with Crippen molar-refractivity contribution < 1.29 is 0 Å². The van der Waals surface area contributed by atoms with Gasteiger partial charge in [-0.2, -0.15) is 0 Å². The standard InChI is InChI=1S/C15H23N3/c1-5-10-18(11-6-2)14-8-9-15(17-12-14)13(4)16-7-3/h5-6,8-9,12-13,16H,1-2,7,10-11H2,3-4H3. The molecule has 0 saturated heterocycles. The minimum Gasteiger partial charge on any atom is -0.363 e. The van der Waals surface area contributed by atoms with Gasteiger partial charge in [-0.15, -0.1) is 13.2 Å². The third-order valence-electron chi connectivity index (χ3n) is 2.79. The Morgan fingerprint density at radius 3 is 2.44 bits per heavy atom. The molecule has 1 unspecified atom stereocenters. The van der Waals surface area contributed by atoms with Crippen LogP contribution in [0.2, 0.25) is 0 Å². The van der Waals surface area contributed by atoms with Crippen molar-refractivity contribution in [1.82, 2.24) is 10.3 Å². The van der Waals surface area contributed by atoms with E-state index < -0.39 is 0 Å². The lowest BCUT2D eigenvalue weighted by atomic mass is 10.2. The number of aromatic nitrogens is 1. The number of hydrogen-bond donors (Lipinski definition) is 1. The summed E-state index contributed by atoms with van der Waals surface area (Å²) in [5, 5.41) is 3.35. The summed E-state index contributed by atoms with van der Waals surface area (Å²) in [5.41, 5.74) is 2.17. The molecule has 0 radical (unpaired) electrons. The fourth-order valence-electron chi connectivity index (χ4n) is 1.85. The second kappa shape index (κ2) is 7.67. The van der Waals surface area contributed by atoms with E-state index in [0.717, 1.165) is 31.0 Å². The summed E-state index contributed by atoms with van der Waals surface area (Å²) in [7, 11) is 0. The maximum atomic E-state index is 4.51. The van der Waals surface area contributed by atoms with Crippen LogP contribution in [0.4, 0.5) is 5.69 Å². The fraction of sp³-hybridized carbons (Fsp3) is 0.400. The van der Waals surface area contributed by atoms with Gasteiger partial charge in [-0.3, -0.25) is 4.98 Å². The van der Waals surface area contributed by atoms with Gasteiger partial charge in [0.15, 0.2) is 0 Å². The van der Waals surface area contributed by atoms with E-state index in [4.69, 9.17) is 0 Å². The minimum atomic E-state index is 0.288. The predicted octanol–water partition coefficient (Wildman–Crippen LogP) is 2.93. The van der Waals surface area contributed by atoms with Gasteiger partial charge in [0.25, 0.3) is 0 Å². The number of nitrogens with one attached hydrogen (secondary N) is 1. The van der Waals surface area contributed by atoms with E-state index in [2.05, 4.69) is 54.3 Å². The molecule has 1 atom stereocenters. The molecule has 1 aromatic rings. The molecule has 0 bridgehead atoms. The van der Waals surface area contributed by atoms with Gasteiger partial charge in [-0.1, -0.05) is 19.1 Å². The topological polar surface area (TPSA) is 28.2 Å². The summed E-state index contributed by atoms with van der Waals surface area (Å²) >= 11 is 0. The molecule has 0 spiro atoms. The van der Waals surface area contributed by atoms with Crippen LogP contribution in [0.5, 0.6) is 0 Å². The fourth-order valence-corrected chi connectivity index (χ4v) is 1.85. The van der Waals surface area contributed by atoms with Crippen molar-refractivity contribution in [3.8, 4) is 0 Å². The van der Waals surface area contributed by atoms with Crippen LogP contribution in [0.1, 0.15) is 25.6 Å². The number of nitrogens with zero attached hydrogens (tertiary/aromatic N) is 2. The van der Waals surface area contributed by atoms with Gasteiger partial charge in [0.05, 0.1) is 17.6 Å². The van der Waals surface area contributed by atoms with Gasteiger partial charge in [0, 0.05) is 19.1 Å². The van der Waals surface area contributed by atoms with E-state index in [1.807, 2.05) is 18.3 Å². The van der Waals surface area contributed by atoms with Crippen molar-refractivity contribution in [2.24, 2.45) is 0 Å². The average molecular weight is 245 g/mol. The van der Waals surface area contributed by atoms with E-state index in [-0.39, 0.29) is 6.04 Å². The first-order chi connectivity index (χ1) is 8.72. The molecule has 98 valence electrons. The average Bonchev–Trinajstić information content (AvgIpc) is 2.39. The lowest BCUT2D eigenvalue weighted by Gasteiger charge is -2.22. The first-order valence-electron chi connectivity index (χ1n) is 6.39. The molecule has 1 rings (SSSR count). The summed E-state index contributed by atoms with van der Waals surface area (Å²) in [6.45, 7) is 14.3. The summed E-state index contributed by atoms with van der Waals surface area (Å²) in [6, 6.07) is 4.46. The van der Waals surface area contributed by atoms with E-state index in [1.165, 1.54) is 0 Å². The molecule has 0 aromatic carbocycles. The zero-order chi connectivity index (χ0) is 13.4. The Bertz CT molecular complexity index is 360. The molecule has 1 aromatic heterocycles. The number of hydrogen-bond acceptors (Lipinski definition) is 3. The Kier molecular flexibility index (Phi) is 6.15. The summed E-state index contributed by atoms with van der Waals surface area (Å²) < 4.78 is 0. The Balaban J connectivity index is 2.79. The summed E-state index contributed by atoms with van der Waals surface area (Å²) in [6.07, 6.45) is 5.69. The molecule has 0 saturated carbocycles. The second-order valence-electron chi connectivity index (χ2n) is 4.20. The molecule has 0 fully saturated rings. The molecule has 0 aliphatic carbocycles. The Hall–Kier alpha value is -1.61. The SMILES string of the molecule is C=CCN(CC=C)c1ccc(C(C)NCC)nc1. The quantitative estimate of drug-likeness (QED) is 0.714. The third-order valence-corrected chi connectivity index (χ3v) is 2.79. The van der Waals surface area contributed by atoms with Crippen molar-refractivity contribution >= 4 is 5.69 Å². The van der Waals surface area contributed by atoms with E-state index in [9.17, 15) is 0 Å². The van der Waals surface area contributed by atoms with Gasteiger partial charge in [0.1, 0.15) is 0 Å². The second-order valence-corrected chi connectivity index (χ2v) is 4.20. The van der Waals surface area contributed by atoms with Crippen LogP contribution in [0.3, 0.4) is 0 Å². The van der Waals surface area contributed by atoms with Crippen LogP contribution in [-0.2, 0) is 0 Å². The molecular formula is C15H23N3. The maximum absolute atomic E-state index is 4.51. The molecule has 1 heterocycles. The van der Waals surface area contributed by atoms with Crippen LogP contribution in [0.25, 0.3) is 0 Å². The van der Waals surface area contributed by atoms with Crippen LogP contribution in [0.15, 0.2) is 43.6 Å². The Labute approximate surface area is 110 Å². The van der Waals surface area contributed by atoms with Crippen molar-refractivity contribution in [3.05, 3.63) is 49.3 Å². The molecular weight excluding hydrogens is 222 g/mol. The first kappa shape index (κ1) is 14.5. The van der Waals surface area contributed by atoms with Crippen molar-refractivity contribution in [3.63, 3.8) is 0 Å². The van der Waals surface area contributed by atoms with Gasteiger partial charge in [-0.25, -0.2) is 0 Å². The van der Waals surface area contributed by atoms with E-state index in [1.54, 1.807) is 0 Å². The van der Waals surface area contributed by atoms with E-state index >= 15 is 0 Å². The zero-order valence-corrected chi connectivity index (χ0v) is 11.4. The summed E-state index contributed by atoms with van der Waals surface area (Å²) in [4.78, 5) is 6.69. The van der Waals surface area contributed by atoms with E-state index in [0.29, 0.717) is 0 Å². The normalized spacial score (nSPS) is 11.9. The highest BCUT2D eigenvalue weighted by molar-refractivity contribution is 5.46. The lowest BCUT2D eigenvalue weighted by molar-refractivity contribution is 0.583. The smallest absolute Gasteiger partial charge is 0.0572 e. The highest BCUT2D eigenvalue weighted by atomic mass is 15.1. The molecule has 0 aliphatic heterocycles. The number of rotatable bonds is 8. The zero-order valence-electron chi connectivity index (χ0n) is 11.4. The highest BCUT2D eigenvalue weighted by Crippen LogP contribution is 2.16. The third kappa shape index (κ3) is 4.00. The molecule has 0 amide bonds. The molecule has 3 heteroatoms. The van der Waals surface area contributed by atoms with Gasteiger partial charge < -0.3 is 10.2 Å². The highest BCUT2D eigenvalue weighted by Gasteiger charge is 2.07. The Morgan fingerprint density at radius 1 is 1.33 bits per heavy atom. The van der Waals surface area contributed by atoms with Crippen molar-refractivity contribution in [2.45, 2.75) is 19.9 Å². The molecule has 3 nitrogen and oxygen atoms in total. The Morgan fingerprint density at radius 2 is 2.00 bits per heavy atom. The van der Waals surface area contributed by atoms with Crippen LogP contribution in [0, 0.1) is 0 Å². The van der Waals surface area contributed by atoms with Crippen LogP contribution < -0.4 is 10.2 Å². The number of pyridine rings is 1. The van der Waals surface area contributed by atoms with Gasteiger partial charge in [0.2, 0.25) is 0 Å². The minimum absolute atomic E-state index is 0.288. The van der Waals surface area contributed by atoms with Crippen molar-refractivity contribution in [2.75, 3.05) is 24.5 Å². The van der Waals surface area contributed by atoms with Crippen LogP contribution in [-0.4, -0.2) is 24.6 Å². The number of anilines is 1. The lowest BCUT2D eigenvalue weighted by Crippen LogP contribution is -2.24. The van der Waals surface area contributed by atoms with Crippen molar-refractivity contribution in [1.29, 1.82) is 0 Å². The van der Waals surface area contributed by atoms with Gasteiger partial charge >= 0.3 is 0 Å². The summed E-state index contributed by atoms with van der Waals surface area (Å²) in [5.74, 6) is 0. The molecule has 0 aliphatic rings. The van der Waals surface area contributed by atoms with Gasteiger partial charge in [-0.05, 0) is 25.6 Å². The predicted molar refractivity (Wildman–Crippen MR) is 78.9 cm³/mol. The van der Waals surface area contributed by atoms with Crippen LogP contribution >= 0.6 is 0 Å².